The first-order chi connectivity index (χ1) is 6.08. The highest BCUT2D eigenvalue weighted by molar-refractivity contribution is 4.72. The maximum Gasteiger partial charge on any atom is 0.0107 e. The topological polar surface area (TPSA) is 15.3 Å². The maximum absolute atomic E-state index is 3.53. The maximum atomic E-state index is 3.53. The monoisotopic (exact) mass is 184 g/mol. The third-order valence-corrected chi connectivity index (χ3v) is 2.53. The minimum atomic E-state index is 0.274. The van der Waals surface area contributed by atoms with E-state index in [9.17, 15) is 0 Å². The molecule has 0 amide bonds. The normalized spacial score (nSPS) is 20.5. The van der Waals surface area contributed by atoms with Crippen LogP contribution in [0.1, 0.15) is 40.0 Å². The van der Waals surface area contributed by atoms with E-state index in [0.29, 0.717) is 0 Å². The summed E-state index contributed by atoms with van der Waals surface area (Å²) in [5.41, 5.74) is 0.274. The molecule has 2 heteroatoms. The molecule has 1 aliphatic heterocycles. The first-order valence-corrected chi connectivity index (χ1v) is 5.55. The van der Waals surface area contributed by atoms with Crippen LogP contribution in [0.25, 0.3) is 0 Å². The Hall–Kier alpha value is -0.0800. The van der Waals surface area contributed by atoms with Gasteiger partial charge in [0.05, 0.1) is 0 Å². The second kappa shape index (κ2) is 4.97. The van der Waals surface area contributed by atoms with E-state index in [1.807, 2.05) is 0 Å². The van der Waals surface area contributed by atoms with E-state index >= 15 is 0 Å². The third-order valence-electron chi connectivity index (χ3n) is 2.53. The van der Waals surface area contributed by atoms with Crippen molar-refractivity contribution in [1.82, 2.24) is 10.2 Å². The fraction of sp³-hybridized carbons (Fsp3) is 1.00. The van der Waals surface area contributed by atoms with Gasteiger partial charge in [-0.15, -0.1) is 0 Å². The standard InChI is InChI=1S/C11H24N2/c1-11(2,3)12-7-10-13-8-5-4-6-9-13/h12H,4-10H2,1-3H3. The van der Waals surface area contributed by atoms with Gasteiger partial charge in [-0.1, -0.05) is 6.42 Å². The smallest absolute Gasteiger partial charge is 0.0107 e. The highest BCUT2D eigenvalue weighted by Crippen LogP contribution is 2.07. The Morgan fingerprint density at radius 1 is 1.08 bits per heavy atom. The SMILES string of the molecule is CC(C)(C)NCCN1CCCCC1. The summed E-state index contributed by atoms with van der Waals surface area (Å²) in [6, 6.07) is 0. The van der Waals surface area contributed by atoms with Crippen molar-refractivity contribution in [2.75, 3.05) is 26.2 Å². The van der Waals surface area contributed by atoms with Crippen LogP contribution < -0.4 is 5.32 Å². The van der Waals surface area contributed by atoms with Gasteiger partial charge >= 0.3 is 0 Å². The Morgan fingerprint density at radius 3 is 2.23 bits per heavy atom. The lowest BCUT2D eigenvalue weighted by Gasteiger charge is -2.28. The van der Waals surface area contributed by atoms with E-state index in [-0.39, 0.29) is 5.54 Å². The van der Waals surface area contributed by atoms with Crippen molar-refractivity contribution in [1.29, 1.82) is 0 Å². The summed E-state index contributed by atoms with van der Waals surface area (Å²) in [4.78, 5) is 2.57. The van der Waals surface area contributed by atoms with E-state index in [4.69, 9.17) is 0 Å². The van der Waals surface area contributed by atoms with Crippen LogP contribution in [0, 0.1) is 0 Å². The summed E-state index contributed by atoms with van der Waals surface area (Å²) in [6.45, 7) is 11.6. The fourth-order valence-electron chi connectivity index (χ4n) is 1.77. The van der Waals surface area contributed by atoms with Crippen LogP contribution in [-0.4, -0.2) is 36.6 Å². The minimum absolute atomic E-state index is 0.274. The van der Waals surface area contributed by atoms with Crippen LogP contribution >= 0.6 is 0 Å². The highest BCUT2D eigenvalue weighted by atomic mass is 15.1. The molecule has 1 rings (SSSR count). The van der Waals surface area contributed by atoms with Gasteiger partial charge in [0.25, 0.3) is 0 Å². The molecular weight excluding hydrogens is 160 g/mol. The summed E-state index contributed by atoms with van der Waals surface area (Å²) in [5.74, 6) is 0. The van der Waals surface area contributed by atoms with Gasteiger partial charge in [0.2, 0.25) is 0 Å². The zero-order valence-corrected chi connectivity index (χ0v) is 9.40. The van der Waals surface area contributed by atoms with Crippen molar-refractivity contribution in [3.8, 4) is 0 Å². The molecule has 0 saturated carbocycles. The lowest BCUT2D eigenvalue weighted by Crippen LogP contribution is -2.42. The minimum Gasteiger partial charge on any atom is -0.311 e. The lowest BCUT2D eigenvalue weighted by molar-refractivity contribution is 0.222. The van der Waals surface area contributed by atoms with Crippen LogP contribution in [0.5, 0.6) is 0 Å². The number of hydrogen-bond donors (Lipinski definition) is 1. The lowest BCUT2D eigenvalue weighted by atomic mass is 10.1. The molecule has 2 nitrogen and oxygen atoms in total. The van der Waals surface area contributed by atoms with Gasteiger partial charge in [-0.2, -0.15) is 0 Å². The van der Waals surface area contributed by atoms with E-state index in [1.54, 1.807) is 0 Å². The molecule has 0 atom stereocenters. The molecule has 0 aromatic rings. The molecule has 1 heterocycles. The van der Waals surface area contributed by atoms with Crippen molar-refractivity contribution in [3.63, 3.8) is 0 Å². The molecule has 78 valence electrons. The van der Waals surface area contributed by atoms with Crippen LogP contribution in [-0.2, 0) is 0 Å². The molecule has 0 aliphatic carbocycles. The fourth-order valence-corrected chi connectivity index (χ4v) is 1.77. The van der Waals surface area contributed by atoms with E-state index in [2.05, 4.69) is 31.0 Å². The average molecular weight is 184 g/mol. The number of piperidine rings is 1. The van der Waals surface area contributed by atoms with Gasteiger partial charge in [0.15, 0.2) is 0 Å². The summed E-state index contributed by atoms with van der Waals surface area (Å²) in [6.07, 6.45) is 4.23. The Bertz CT molecular complexity index is 132. The Balaban J connectivity index is 2.04. The molecule has 0 bridgehead atoms. The number of nitrogens with one attached hydrogen (secondary N) is 1. The first kappa shape index (κ1) is 11.0. The quantitative estimate of drug-likeness (QED) is 0.720. The van der Waals surface area contributed by atoms with Crippen molar-refractivity contribution >= 4 is 0 Å². The number of hydrogen-bond acceptors (Lipinski definition) is 2. The zero-order valence-electron chi connectivity index (χ0n) is 9.40. The van der Waals surface area contributed by atoms with Gasteiger partial charge in [-0.3, -0.25) is 0 Å². The van der Waals surface area contributed by atoms with Crippen molar-refractivity contribution in [3.05, 3.63) is 0 Å². The molecule has 0 aromatic heterocycles. The van der Waals surface area contributed by atoms with Crippen molar-refractivity contribution < 1.29 is 0 Å². The largest absolute Gasteiger partial charge is 0.311 e. The zero-order chi connectivity index (χ0) is 9.73. The number of nitrogens with zero attached hydrogens (tertiary/aromatic N) is 1. The number of likely N-dealkylation sites (tertiary alicyclic amines) is 1. The first-order valence-electron chi connectivity index (χ1n) is 5.55. The van der Waals surface area contributed by atoms with E-state index in [0.717, 1.165) is 6.54 Å². The summed E-state index contributed by atoms with van der Waals surface area (Å²) in [5, 5.41) is 3.53. The third kappa shape index (κ3) is 5.27. The molecule has 0 spiro atoms. The van der Waals surface area contributed by atoms with Crippen LogP contribution in [0.3, 0.4) is 0 Å². The molecule has 0 radical (unpaired) electrons. The predicted octanol–water partition coefficient (Wildman–Crippen LogP) is 1.86. The Morgan fingerprint density at radius 2 is 1.69 bits per heavy atom. The predicted molar refractivity (Wildman–Crippen MR) is 58.0 cm³/mol. The summed E-state index contributed by atoms with van der Waals surface area (Å²) < 4.78 is 0. The molecule has 0 aromatic carbocycles. The summed E-state index contributed by atoms with van der Waals surface area (Å²) in [7, 11) is 0. The Kier molecular flexibility index (Phi) is 4.20. The van der Waals surface area contributed by atoms with Gasteiger partial charge in [0.1, 0.15) is 0 Å². The molecule has 1 N–H and O–H groups in total. The molecule has 13 heavy (non-hydrogen) atoms. The molecule has 1 fully saturated rings. The van der Waals surface area contributed by atoms with Crippen molar-refractivity contribution in [2.45, 2.75) is 45.6 Å². The van der Waals surface area contributed by atoms with E-state index in [1.165, 1.54) is 38.9 Å². The van der Waals surface area contributed by atoms with Crippen LogP contribution in [0.4, 0.5) is 0 Å². The van der Waals surface area contributed by atoms with Gasteiger partial charge in [0, 0.05) is 18.6 Å². The van der Waals surface area contributed by atoms with Gasteiger partial charge in [-0.25, -0.2) is 0 Å². The molecule has 1 aliphatic rings. The molecule has 0 unspecified atom stereocenters. The van der Waals surface area contributed by atoms with Gasteiger partial charge < -0.3 is 10.2 Å². The highest BCUT2D eigenvalue weighted by Gasteiger charge is 2.11. The molecule has 1 saturated heterocycles. The number of rotatable bonds is 3. The van der Waals surface area contributed by atoms with Crippen LogP contribution in [0.2, 0.25) is 0 Å². The molecular formula is C11H24N2. The summed E-state index contributed by atoms with van der Waals surface area (Å²) >= 11 is 0. The second-order valence-corrected chi connectivity index (χ2v) is 5.08. The van der Waals surface area contributed by atoms with Gasteiger partial charge in [-0.05, 0) is 46.7 Å². The van der Waals surface area contributed by atoms with E-state index < -0.39 is 0 Å². The second-order valence-electron chi connectivity index (χ2n) is 5.08. The van der Waals surface area contributed by atoms with Crippen LogP contribution in [0.15, 0.2) is 0 Å². The van der Waals surface area contributed by atoms with Crippen molar-refractivity contribution in [2.24, 2.45) is 0 Å². The Labute approximate surface area is 82.7 Å². The average Bonchev–Trinajstić information content (AvgIpc) is 2.04.